The minimum Gasteiger partial charge on any atom is -0.474 e. The van der Waals surface area contributed by atoms with Crippen molar-refractivity contribution in [1.82, 2.24) is 15.2 Å². The molecular weight excluding hydrogens is 482 g/mol. The highest BCUT2D eigenvalue weighted by molar-refractivity contribution is 7.92. The number of methoxy groups -OCH3 is 1. The molecule has 2 heterocycles. The molecule has 0 radical (unpaired) electrons. The van der Waals surface area contributed by atoms with E-state index in [4.69, 9.17) is 21.1 Å². The number of H-pyrrole nitrogens is 1. The van der Waals surface area contributed by atoms with E-state index in [1.807, 2.05) is 4.72 Å². The van der Waals surface area contributed by atoms with Crippen LogP contribution in [0.15, 0.2) is 24.4 Å². The van der Waals surface area contributed by atoms with Crippen LogP contribution in [0.4, 0.5) is 14.5 Å². The van der Waals surface area contributed by atoms with Gasteiger partial charge in [0.05, 0.1) is 40.7 Å². The van der Waals surface area contributed by atoms with Crippen molar-refractivity contribution < 1.29 is 31.5 Å². The minimum atomic E-state index is -3.99. The van der Waals surface area contributed by atoms with Crippen LogP contribution in [0, 0.1) is 5.82 Å². The quantitative estimate of drug-likeness (QED) is 0.287. The molecule has 3 rings (SSSR count). The van der Waals surface area contributed by atoms with Crippen LogP contribution < -0.4 is 9.46 Å². The third kappa shape index (κ3) is 6.15. The molecule has 1 aromatic carbocycles. The number of pyridine rings is 1. The van der Waals surface area contributed by atoms with Crippen molar-refractivity contribution in [3.63, 3.8) is 0 Å². The fraction of sp³-hybridized carbons (Fsp3) is 0.350. The number of hydrogen-bond acceptors (Lipinski definition) is 7. The van der Waals surface area contributed by atoms with Gasteiger partial charge in [-0.15, -0.1) is 5.10 Å². The van der Waals surface area contributed by atoms with Crippen molar-refractivity contribution in [1.29, 1.82) is 0 Å². The topological polar surface area (TPSA) is 123 Å². The number of sulfonamides is 1. The average Bonchev–Trinajstić information content (AvgIpc) is 3.17. The summed E-state index contributed by atoms with van der Waals surface area (Å²) in [5.74, 6) is -2.05. The number of nitrogens with one attached hydrogen (secondary N) is 2. The van der Waals surface area contributed by atoms with E-state index >= 15 is 4.39 Å². The summed E-state index contributed by atoms with van der Waals surface area (Å²) in [4.78, 5) is 17.1. The second-order valence-electron chi connectivity index (χ2n) is 6.96. The third-order valence-electron chi connectivity index (χ3n) is 4.51. The van der Waals surface area contributed by atoms with Gasteiger partial charge in [-0.2, -0.15) is 0 Å². The van der Waals surface area contributed by atoms with Crippen molar-refractivity contribution in [2.75, 3.05) is 37.5 Å². The molecule has 9 nitrogen and oxygen atoms in total. The molecule has 0 fully saturated rings. The number of hydrogen-bond donors (Lipinski definition) is 2. The van der Waals surface area contributed by atoms with Gasteiger partial charge in [-0.25, -0.2) is 17.8 Å². The third-order valence-corrected chi connectivity index (χ3v) is 6.18. The van der Waals surface area contributed by atoms with Crippen molar-refractivity contribution in [3.05, 3.63) is 46.4 Å². The molecule has 0 aliphatic rings. The van der Waals surface area contributed by atoms with Crippen LogP contribution in [0.1, 0.15) is 22.3 Å². The van der Waals surface area contributed by atoms with Crippen LogP contribution in [0.25, 0.3) is 11.0 Å². The number of fused-ring (bicyclic) bond motifs is 1. The molecule has 0 saturated heterocycles. The molecule has 0 bridgehead atoms. The number of aromatic amines is 1. The van der Waals surface area contributed by atoms with Crippen LogP contribution in [-0.2, 0) is 21.2 Å². The minimum absolute atomic E-state index is 0.176. The molecule has 0 spiro atoms. The molecular formula is C20H21ClF2N4O5S. The zero-order valence-corrected chi connectivity index (χ0v) is 19.1. The zero-order valence-electron chi connectivity index (χ0n) is 17.5. The maximum atomic E-state index is 15.0. The molecule has 0 atom stereocenters. The number of aromatic nitrogens is 3. The first-order valence-electron chi connectivity index (χ1n) is 9.78. The Kier molecular flexibility index (Phi) is 8.16. The standard InChI is InChI=1S/C20H21ClF2N4O5S/c1-31-6-7-32-20-13-9-12(11-24-19(13)25-26-20)10-16(28)17-14(21)3-4-15(18(17)23)27-33(29,30)8-2-5-22/h3-4,9,11,27H,2,5-8,10H2,1H3,(H,24,25,26). The number of benzene rings is 1. The van der Waals surface area contributed by atoms with E-state index in [1.165, 1.54) is 19.4 Å². The Morgan fingerprint density at radius 1 is 1.30 bits per heavy atom. The Morgan fingerprint density at radius 3 is 2.82 bits per heavy atom. The van der Waals surface area contributed by atoms with Gasteiger partial charge in [-0.3, -0.25) is 19.0 Å². The van der Waals surface area contributed by atoms with Crippen molar-refractivity contribution in [2.45, 2.75) is 12.8 Å². The summed E-state index contributed by atoms with van der Waals surface area (Å²) in [6, 6.07) is 3.94. The molecule has 2 N–H and O–H groups in total. The molecule has 0 aliphatic carbocycles. The molecule has 0 amide bonds. The molecule has 13 heteroatoms. The normalized spacial score (nSPS) is 11.6. The smallest absolute Gasteiger partial charge is 0.242 e. The Balaban J connectivity index is 1.84. The molecule has 3 aromatic rings. The lowest BCUT2D eigenvalue weighted by molar-refractivity contribution is 0.0989. The van der Waals surface area contributed by atoms with Crippen molar-refractivity contribution in [2.24, 2.45) is 0 Å². The van der Waals surface area contributed by atoms with E-state index in [1.54, 1.807) is 6.07 Å². The first-order chi connectivity index (χ1) is 15.8. The highest BCUT2D eigenvalue weighted by Gasteiger charge is 2.22. The second kappa shape index (κ2) is 10.9. The molecule has 0 unspecified atom stereocenters. The van der Waals surface area contributed by atoms with E-state index in [-0.39, 0.29) is 30.4 Å². The fourth-order valence-electron chi connectivity index (χ4n) is 2.98. The van der Waals surface area contributed by atoms with Crippen LogP contribution in [-0.4, -0.2) is 62.1 Å². The van der Waals surface area contributed by atoms with Gasteiger partial charge in [0.1, 0.15) is 6.61 Å². The Labute approximate surface area is 193 Å². The van der Waals surface area contributed by atoms with Gasteiger partial charge in [0.25, 0.3) is 0 Å². The number of anilines is 1. The first-order valence-corrected chi connectivity index (χ1v) is 11.8. The van der Waals surface area contributed by atoms with Crippen LogP contribution in [0.3, 0.4) is 0 Å². The summed E-state index contributed by atoms with van der Waals surface area (Å²) in [6.45, 7) is -0.220. The summed E-state index contributed by atoms with van der Waals surface area (Å²) in [6.07, 6.45) is 0.921. The highest BCUT2D eigenvalue weighted by Crippen LogP contribution is 2.29. The SMILES string of the molecule is COCCOc1n[nH]c2ncc(CC(=O)c3c(Cl)ccc(NS(=O)(=O)CCCF)c3F)cc12. The van der Waals surface area contributed by atoms with Crippen LogP contribution >= 0.6 is 11.6 Å². The van der Waals surface area contributed by atoms with Crippen molar-refractivity contribution in [3.8, 4) is 5.88 Å². The number of Topliss-reactive ketones (excluding diaryl/α,β-unsaturated/α-hetero) is 1. The van der Waals surface area contributed by atoms with E-state index < -0.39 is 45.3 Å². The molecule has 0 aliphatic heterocycles. The number of rotatable bonds is 12. The number of halogens is 3. The van der Waals surface area contributed by atoms with Gasteiger partial charge in [-0.05, 0) is 30.2 Å². The Hall–Kier alpha value is -2.83. The maximum absolute atomic E-state index is 15.0. The molecule has 178 valence electrons. The largest absolute Gasteiger partial charge is 0.474 e. The summed E-state index contributed by atoms with van der Waals surface area (Å²) in [5.41, 5.74) is -0.0348. The number of carbonyl (C=O) groups is 1. The monoisotopic (exact) mass is 502 g/mol. The van der Waals surface area contributed by atoms with Gasteiger partial charge in [0, 0.05) is 19.7 Å². The second-order valence-corrected chi connectivity index (χ2v) is 9.21. The molecule has 33 heavy (non-hydrogen) atoms. The predicted molar refractivity (Wildman–Crippen MR) is 119 cm³/mol. The number of nitrogens with zero attached hydrogens (tertiary/aromatic N) is 2. The summed E-state index contributed by atoms with van der Waals surface area (Å²) in [5, 5.41) is 7.08. The van der Waals surface area contributed by atoms with E-state index in [9.17, 15) is 17.6 Å². The Bertz CT molecular complexity index is 1250. The van der Waals surface area contributed by atoms with Crippen molar-refractivity contribution >= 4 is 44.1 Å². The fourth-order valence-corrected chi connectivity index (χ4v) is 4.31. The summed E-state index contributed by atoms with van der Waals surface area (Å²) in [7, 11) is -2.46. The highest BCUT2D eigenvalue weighted by atomic mass is 35.5. The van der Waals surface area contributed by atoms with Gasteiger partial charge in [0.2, 0.25) is 15.9 Å². The van der Waals surface area contributed by atoms with E-state index in [0.717, 1.165) is 6.07 Å². The summed E-state index contributed by atoms with van der Waals surface area (Å²) < 4.78 is 63.8. The van der Waals surface area contributed by atoms with E-state index in [0.29, 0.717) is 23.2 Å². The van der Waals surface area contributed by atoms with Gasteiger partial charge in [-0.1, -0.05) is 11.6 Å². The molecule has 2 aromatic heterocycles. The number of carbonyl (C=O) groups excluding carboxylic acids is 1. The number of alkyl halides is 1. The zero-order chi connectivity index (χ0) is 24.0. The van der Waals surface area contributed by atoms with Crippen LogP contribution in [0.5, 0.6) is 5.88 Å². The number of ketones is 1. The lowest BCUT2D eigenvalue weighted by Crippen LogP contribution is -2.19. The van der Waals surface area contributed by atoms with Crippen LogP contribution in [0.2, 0.25) is 5.02 Å². The first kappa shape index (κ1) is 24.8. The predicted octanol–water partition coefficient (Wildman–Crippen LogP) is 3.30. The lowest BCUT2D eigenvalue weighted by Gasteiger charge is -2.12. The molecule has 0 saturated carbocycles. The maximum Gasteiger partial charge on any atom is 0.242 e. The average molecular weight is 503 g/mol. The lowest BCUT2D eigenvalue weighted by atomic mass is 10.0. The Morgan fingerprint density at radius 2 is 2.09 bits per heavy atom. The van der Waals surface area contributed by atoms with Gasteiger partial charge >= 0.3 is 0 Å². The van der Waals surface area contributed by atoms with Gasteiger partial charge in [0.15, 0.2) is 17.2 Å². The van der Waals surface area contributed by atoms with E-state index in [2.05, 4.69) is 15.2 Å². The number of ether oxygens (including phenoxy) is 2. The van der Waals surface area contributed by atoms with Gasteiger partial charge < -0.3 is 9.47 Å². The summed E-state index contributed by atoms with van der Waals surface area (Å²) >= 11 is 6.04.